The zero-order chi connectivity index (χ0) is 16.7. The van der Waals surface area contributed by atoms with Crippen molar-refractivity contribution < 1.29 is 4.42 Å². The van der Waals surface area contributed by atoms with Crippen molar-refractivity contribution in [1.82, 2.24) is 24.8 Å². The summed E-state index contributed by atoms with van der Waals surface area (Å²) in [4.78, 5) is 8.66. The summed E-state index contributed by atoms with van der Waals surface area (Å²) < 4.78 is 6.76. The maximum Gasteiger partial charge on any atom is 0.216 e. The SMILES string of the molecule is Cc1ccc2ncnc(Sc3nnc(-c4ccoc4C)n3N)c2c1. The lowest BCUT2D eigenvalue weighted by atomic mass is 10.2. The molecule has 120 valence electrons. The molecule has 0 fully saturated rings. The molecular formula is C16H14N6OS. The molecule has 0 unspecified atom stereocenters. The number of nitrogens with two attached hydrogens (primary N) is 1. The monoisotopic (exact) mass is 338 g/mol. The number of furan rings is 1. The Hall–Kier alpha value is -2.87. The Bertz CT molecular complexity index is 1040. The van der Waals surface area contributed by atoms with Crippen LogP contribution in [0, 0.1) is 13.8 Å². The van der Waals surface area contributed by atoms with Gasteiger partial charge < -0.3 is 10.3 Å². The van der Waals surface area contributed by atoms with E-state index >= 15 is 0 Å². The molecule has 2 N–H and O–H groups in total. The summed E-state index contributed by atoms with van der Waals surface area (Å²) in [6.07, 6.45) is 3.14. The van der Waals surface area contributed by atoms with Gasteiger partial charge in [-0.3, -0.25) is 0 Å². The van der Waals surface area contributed by atoms with Crippen molar-refractivity contribution in [1.29, 1.82) is 0 Å². The Labute approximate surface area is 141 Å². The van der Waals surface area contributed by atoms with E-state index in [9.17, 15) is 0 Å². The van der Waals surface area contributed by atoms with E-state index in [0.29, 0.717) is 11.0 Å². The van der Waals surface area contributed by atoms with Crippen molar-refractivity contribution in [2.45, 2.75) is 24.0 Å². The minimum Gasteiger partial charge on any atom is -0.469 e. The fraction of sp³-hybridized carbons (Fsp3) is 0.125. The van der Waals surface area contributed by atoms with Crippen LogP contribution in [0.15, 0.2) is 51.5 Å². The third kappa shape index (κ3) is 2.41. The first-order chi connectivity index (χ1) is 11.6. The van der Waals surface area contributed by atoms with Crippen LogP contribution < -0.4 is 5.84 Å². The van der Waals surface area contributed by atoms with Crippen molar-refractivity contribution >= 4 is 22.7 Å². The number of nitrogen functional groups attached to an aromatic ring is 1. The number of fused-ring (bicyclic) bond motifs is 1. The summed E-state index contributed by atoms with van der Waals surface area (Å²) in [6, 6.07) is 7.87. The van der Waals surface area contributed by atoms with Gasteiger partial charge in [0.1, 0.15) is 17.1 Å². The molecule has 0 atom stereocenters. The zero-order valence-corrected chi connectivity index (χ0v) is 13.9. The Morgan fingerprint density at radius 1 is 1.12 bits per heavy atom. The van der Waals surface area contributed by atoms with Gasteiger partial charge in [-0.15, -0.1) is 10.2 Å². The molecule has 4 rings (SSSR count). The summed E-state index contributed by atoms with van der Waals surface area (Å²) in [5.41, 5.74) is 2.84. The van der Waals surface area contributed by atoms with E-state index < -0.39 is 0 Å². The van der Waals surface area contributed by atoms with Crippen LogP contribution >= 0.6 is 11.8 Å². The van der Waals surface area contributed by atoms with Crippen molar-refractivity contribution in [2.75, 3.05) is 5.84 Å². The van der Waals surface area contributed by atoms with Gasteiger partial charge in [0.25, 0.3) is 0 Å². The van der Waals surface area contributed by atoms with Crippen molar-refractivity contribution in [2.24, 2.45) is 0 Å². The van der Waals surface area contributed by atoms with Crippen LogP contribution in [0.1, 0.15) is 11.3 Å². The smallest absolute Gasteiger partial charge is 0.216 e. The maximum atomic E-state index is 6.17. The molecule has 0 aliphatic rings. The molecule has 0 aliphatic carbocycles. The van der Waals surface area contributed by atoms with Crippen LogP contribution in [-0.2, 0) is 0 Å². The van der Waals surface area contributed by atoms with E-state index in [-0.39, 0.29) is 0 Å². The summed E-state index contributed by atoms with van der Waals surface area (Å²) >= 11 is 1.36. The number of benzene rings is 1. The van der Waals surface area contributed by atoms with E-state index in [1.807, 2.05) is 32.0 Å². The Morgan fingerprint density at radius 3 is 2.79 bits per heavy atom. The summed E-state index contributed by atoms with van der Waals surface area (Å²) in [6.45, 7) is 3.89. The Balaban J connectivity index is 1.76. The van der Waals surface area contributed by atoms with E-state index in [4.69, 9.17) is 10.3 Å². The topological polar surface area (TPSA) is 95.6 Å². The normalized spacial score (nSPS) is 11.2. The number of nitrogens with zero attached hydrogens (tertiary/aromatic N) is 5. The van der Waals surface area contributed by atoms with Crippen LogP contribution in [0.25, 0.3) is 22.3 Å². The number of aryl methyl sites for hydroxylation is 2. The summed E-state index contributed by atoms with van der Waals surface area (Å²) in [5.74, 6) is 7.47. The second kappa shape index (κ2) is 5.64. The average Bonchev–Trinajstić information content (AvgIpc) is 3.14. The molecular weight excluding hydrogens is 324 g/mol. The Kier molecular flexibility index (Phi) is 3.46. The first kappa shape index (κ1) is 14.7. The van der Waals surface area contributed by atoms with Gasteiger partial charge in [-0.05, 0) is 43.8 Å². The Morgan fingerprint density at radius 2 is 2.00 bits per heavy atom. The van der Waals surface area contributed by atoms with Gasteiger partial charge in [0.05, 0.1) is 17.3 Å². The second-order valence-electron chi connectivity index (χ2n) is 5.37. The van der Waals surface area contributed by atoms with Gasteiger partial charge in [-0.2, -0.15) is 0 Å². The predicted molar refractivity (Wildman–Crippen MR) is 91.0 cm³/mol. The molecule has 7 nitrogen and oxygen atoms in total. The molecule has 0 saturated heterocycles. The largest absolute Gasteiger partial charge is 0.469 e. The van der Waals surface area contributed by atoms with Crippen molar-refractivity contribution in [3.8, 4) is 11.4 Å². The van der Waals surface area contributed by atoms with Gasteiger partial charge in [-0.25, -0.2) is 14.6 Å². The first-order valence-electron chi connectivity index (χ1n) is 7.27. The molecule has 24 heavy (non-hydrogen) atoms. The molecule has 0 spiro atoms. The third-order valence-corrected chi connectivity index (χ3v) is 4.69. The highest BCUT2D eigenvalue weighted by atomic mass is 32.2. The predicted octanol–water partition coefficient (Wildman–Crippen LogP) is 2.96. The fourth-order valence-electron chi connectivity index (χ4n) is 2.46. The highest BCUT2D eigenvalue weighted by Crippen LogP contribution is 2.32. The maximum absolute atomic E-state index is 6.17. The molecule has 0 amide bonds. The lowest BCUT2D eigenvalue weighted by Crippen LogP contribution is -2.11. The quantitative estimate of drug-likeness (QED) is 0.453. The standard InChI is InChI=1S/C16H14N6OS/c1-9-3-4-13-12(7-9)15(19-8-18-13)24-16-21-20-14(22(16)17)11-5-6-23-10(11)2/h3-8H,17H2,1-2H3. The van der Waals surface area contributed by atoms with Crippen molar-refractivity contribution in [3.63, 3.8) is 0 Å². The highest BCUT2D eigenvalue weighted by molar-refractivity contribution is 7.99. The average molecular weight is 338 g/mol. The van der Waals surface area contributed by atoms with E-state index in [2.05, 4.69) is 26.2 Å². The summed E-state index contributed by atoms with van der Waals surface area (Å²) in [7, 11) is 0. The number of aromatic nitrogens is 5. The number of hydrogen-bond acceptors (Lipinski definition) is 7. The van der Waals surface area contributed by atoms with Crippen molar-refractivity contribution in [3.05, 3.63) is 48.2 Å². The summed E-state index contributed by atoms with van der Waals surface area (Å²) in [5, 5.41) is 10.7. The molecule has 0 saturated carbocycles. The highest BCUT2D eigenvalue weighted by Gasteiger charge is 2.17. The first-order valence-corrected chi connectivity index (χ1v) is 8.09. The van der Waals surface area contributed by atoms with E-state index in [1.54, 1.807) is 12.6 Å². The van der Waals surface area contributed by atoms with Gasteiger partial charge in [0, 0.05) is 5.39 Å². The molecule has 0 aliphatic heterocycles. The molecule has 0 bridgehead atoms. The zero-order valence-electron chi connectivity index (χ0n) is 13.1. The number of rotatable bonds is 3. The number of hydrogen-bond donors (Lipinski definition) is 1. The minimum atomic E-state index is 0.548. The molecule has 8 heteroatoms. The molecule has 4 aromatic rings. The third-order valence-electron chi connectivity index (χ3n) is 3.71. The van der Waals surface area contributed by atoms with Crippen LogP contribution in [0.3, 0.4) is 0 Å². The van der Waals surface area contributed by atoms with Gasteiger partial charge >= 0.3 is 0 Å². The van der Waals surface area contributed by atoms with Gasteiger partial charge in [0.2, 0.25) is 5.16 Å². The van der Waals surface area contributed by atoms with Crippen LogP contribution in [-0.4, -0.2) is 24.8 Å². The van der Waals surface area contributed by atoms with Gasteiger partial charge in [-0.1, -0.05) is 11.6 Å². The molecule has 3 heterocycles. The van der Waals surface area contributed by atoms with Crippen LogP contribution in [0.4, 0.5) is 0 Å². The van der Waals surface area contributed by atoms with E-state index in [0.717, 1.165) is 32.8 Å². The second-order valence-corrected chi connectivity index (χ2v) is 6.32. The lowest BCUT2D eigenvalue weighted by molar-refractivity contribution is 0.535. The molecule has 3 aromatic heterocycles. The van der Waals surface area contributed by atoms with E-state index in [1.165, 1.54) is 16.4 Å². The minimum absolute atomic E-state index is 0.548. The van der Waals surface area contributed by atoms with Crippen LogP contribution in [0.2, 0.25) is 0 Å². The van der Waals surface area contributed by atoms with Crippen LogP contribution in [0.5, 0.6) is 0 Å². The lowest BCUT2D eigenvalue weighted by Gasteiger charge is -2.05. The van der Waals surface area contributed by atoms with Gasteiger partial charge in [0.15, 0.2) is 5.82 Å². The fourth-order valence-corrected chi connectivity index (χ4v) is 3.27. The molecule has 1 aromatic carbocycles. The molecule has 0 radical (unpaired) electrons.